The molecule has 0 atom stereocenters. The van der Waals surface area contributed by atoms with Crippen LogP contribution in [0.25, 0.3) is 0 Å². The zero-order valence-corrected chi connectivity index (χ0v) is 8.30. The van der Waals surface area contributed by atoms with Crippen LogP contribution in [0, 0.1) is 0 Å². The SMILES string of the molecule is O=C(OC(F)(F)C(F)F)c1cccnc1.[Cl-]. The van der Waals surface area contributed by atoms with Gasteiger partial charge < -0.3 is 17.1 Å². The molecule has 0 N–H and O–H groups in total. The van der Waals surface area contributed by atoms with Gasteiger partial charge in [-0.3, -0.25) is 4.98 Å². The van der Waals surface area contributed by atoms with Crippen LogP contribution in [0.5, 0.6) is 0 Å². The Labute approximate surface area is 93.8 Å². The lowest BCUT2D eigenvalue weighted by molar-refractivity contribution is -0.269. The van der Waals surface area contributed by atoms with Crippen LogP contribution >= 0.6 is 0 Å². The summed E-state index contributed by atoms with van der Waals surface area (Å²) >= 11 is 0. The summed E-state index contributed by atoms with van der Waals surface area (Å²) in [5.41, 5.74) is -0.321. The molecule has 1 rings (SSSR count). The van der Waals surface area contributed by atoms with Gasteiger partial charge in [-0.05, 0) is 12.1 Å². The van der Waals surface area contributed by atoms with E-state index in [9.17, 15) is 22.4 Å². The van der Waals surface area contributed by atoms with E-state index in [0.717, 1.165) is 12.3 Å². The smallest absolute Gasteiger partial charge is 0.463 e. The summed E-state index contributed by atoms with van der Waals surface area (Å²) in [6, 6.07) is 2.41. The number of esters is 1. The number of aromatic nitrogens is 1. The lowest BCUT2D eigenvalue weighted by atomic mass is 10.3. The molecule has 0 bridgehead atoms. The number of carbonyl (C=O) groups is 1. The highest BCUT2D eigenvalue weighted by Gasteiger charge is 2.45. The molecule has 0 aliphatic carbocycles. The summed E-state index contributed by atoms with van der Waals surface area (Å²) in [6.45, 7) is 0. The number of rotatable bonds is 3. The second kappa shape index (κ2) is 5.64. The van der Waals surface area contributed by atoms with Gasteiger partial charge in [-0.15, -0.1) is 0 Å². The van der Waals surface area contributed by atoms with Crippen molar-refractivity contribution in [2.45, 2.75) is 12.5 Å². The molecule has 0 aliphatic heterocycles. The van der Waals surface area contributed by atoms with Gasteiger partial charge in [-0.1, -0.05) is 0 Å². The molecule has 0 radical (unpaired) electrons. The number of hydrogen-bond donors (Lipinski definition) is 0. The number of halogens is 5. The van der Waals surface area contributed by atoms with Crippen molar-refractivity contribution in [1.82, 2.24) is 4.98 Å². The molecule has 1 heterocycles. The standard InChI is InChI=1S/C8H5F4NO2.ClH/c9-7(10)8(11,12)15-6(14)5-2-1-3-13-4-5;/h1-4,7H;1H/p-1. The average molecular weight is 259 g/mol. The summed E-state index contributed by atoms with van der Waals surface area (Å²) in [7, 11) is 0. The Morgan fingerprint density at radius 1 is 1.44 bits per heavy atom. The summed E-state index contributed by atoms with van der Waals surface area (Å²) < 4.78 is 51.2. The van der Waals surface area contributed by atoms with E-state index >= 15 is 0 Å². The Kier molecular flexibility index (Phi) is 5.16. The number of pyridine rings is 1. The Morgan fingerprint density at radius 3 is 2.50 bits per heavy atom. The third-order valence-corrected chi connectivity index (χ3v) is 1.38. The van der Waals surface area contributed by atoms with Crippen LogP contribution in [-0.4, -0.2) is 23.5 Å². The minimum absolute atomic E-state index is 0. The fourth-order valence-corrected chi connectivity index (χ4v) is 0.711. The van der Waals surface area contributed by atoms with Crippen molar-refractivity contribution in [1.29, 1.82) is 0 Å². The van der Waals surface area contributed by atoms with Crippen molar-refractivity contribution in [3.05, 3.63) is 30.1 Å². The van der Waals surface area contributed by atoms with Crippen molar-refractivity contribution in [3.8, 4) is 0 Å². The molecule has 1 aromatic rings. The van der Waals surface area contributed by atoms with Crippen LogP contribution in [0.4, 0.5) is 17.6 Å². The molecule has 0 aliphatic rings. The molecule has 0 unspecified atom stereocenters. The van der Waals surface area contributed by atoms with Crippen molar-refractivity contribution < 1.29 is 39.5 Å². The highest BCUT2D eigenvalue weighted by Crippen LogP contribution is 2.25. The van der Waals surface area contributed by atoms with Crippen LogP contribution in [0.2, 0.25) is 0 Å². The van der Waals surface area contributed by atoms with Crippen LogP contribution < -0.4 is 12.4 Å². The number of nitrogens with zero attached hydrogens (tertiary/aromatic N) is 1. The van der Waals surface area contributed by atoms with E-state index in [4.69, 9.17) is 0 Å². The molecule has 0 aromatic carbocycles. The Hall–Kier alpha value is -1.37. The molecule has 0 fully saturated rings. The first kappa shape index (κ1) is 14.6. The number of alkyl halides is 4. The quantitative estimate of drug-likeness (QED) is 0.521. The maximum atomic E-state index is 12.3. The summed E-state index contributed by atoms with van der Waals surface area (Å²) in [4.78, 5) is 14.3. The minimum atomic E-state index is -4.78. The second-order valence-electron chi connectivity index (χ2n) is 2.49. The van der Waals surface area contributed by atoms with Crippen molar-refractivity contribution in [2.24, 2.45) is 0 Å². The maximum Gasteiger partial charge on any atom is 0.463 e. The molecule has 0 saturated heterocycles. The van der Waals surface area contributed by atoms with E-state index in [0.29, 0.717) is 0 Å². The number of hydrogen-bond acceptors (Lipinski definition) is 3. The second-order valence-corrected chi connectivity index (χ2v) is 2.49. The zero-order valence-electron chi connectivity index (χ0n) is 7.54. The Bertz CT molecular complexity index is 347. The normalized spacial score (nSPS) is 10.8. The summed E-state index contributed by atoms with van der Waals surface area (Å²) in [5, 5.41) is 0. The van der Waals surface area contributed by atoms with Gasteiger partial charge in [0.25, 0.3) is 0 Å². The van der Waals surface area contributed by atoms with Crippen LogP contribution in [0.15, 0.2) is 24.5 Å². The van der Waals surface area contributed by atoms with Crippen LogP contribution in [0.1, 0.15) is 10.4 Å². The molecule has 0 amide bonds. The fraction of sp³-hybridized carbons (Fsp3) is 0.250. The average Bonchev–Trinajstić information content (AvgIpc) is 2.18. The maximum absolute atomic E-state index is 12.3. The topological polar surface area (TPSA) is 39.2 Å². The van der Waals surface area contributed by atoms with Gasteiger partial charge in [0.15, 0.2) is 0 Å². The van der Waals surface area contributed by atoms with Gasteiger partial charge in [0, 0.05) is 12.4 Å². The van der Waals surface area contributed by atoms with Crippen molar-refractivity contribution in [3.63, 3.8) is 0 Å². The minimum Gasteiger partial charge on any atom is -1.00 e. The Balaban J connectivity index is 0.00000225. The predicted molar refractivity (Wildman–Crippen MR) is 40.6 cm³/mol. The van der Waals surface area contributed by atoms with E-state index in [1.165, 1.54) is 12.3 Å². The molecule has 16 heavy (non-hydrogen) atoms. The highest BCUT2D eigenvalue weighted by atomic mass is 35.5. The van der Waals surface area contributed by atoms with E-state index in [-0.39, 0.29) is 18.0 Å². The molecule has 0 saturated carbocycles. The molecule has 8 heteroatoms. The molecule has 0 spiro atoms. The first-order valence-corrected chi connectivity index (χ1v) is 3.73. The van der Waals surface area contributed by atoms with Gasteiger partial charge in [-0.2, -0.15) is 17.6 Å². The van der Waals surface area contributed by atoms with Gasteiger partial charge in [0.2, 0.25) is 0 Å². The van der Waals surface area contributed by atoms with Gasteiger partial charge in [0.1, 0.15) is 0 Å². The first-order valence-electron chi connectivity index (χ1n) is 3.73. The molecular weight excluding hydrogens is 254 g/mol. The largest absolute Gasteiger partial charge is 1.00 e. The highest BCUT2D eigenvalue weighted by molar-refractivity contribution is 5.89. The Morgan fingerprint density at radius 2 is 2.06 bits per heavy atom. The van der Waals surface area contributed by atoms with E-state index < -0.39 is 18.5 Å². The predicted octanol–water partition coefficient (Wildman–Crippen LogP) is -0.900. The third kappa shape index (κ3) is 3.65. The van der Waals surface area contributed by atoms with E-state index in [1.807, 2.05) is 0 Å². The lowest BCUT2D eigenvalue weighted by Gasteiger charge is -2.14. The van der Waals surface area contributed by atoms with Crippen LogP contribution in [0.3, 0.4) is 0 Å². The number of carbonyl (C=O) groups excluding carboxylic acids is 1. The van der Waals surface area contributed by atoms with Crippen LogP contribution in [-0.2, 0) is 4.74 Å². The molecular formula is C8H5ClF4NO2-. The zero-order chi connectivity index (χ0) is 11.5. The van der Waals surface area contributed by atoms with Gasteiger partial charge >= 0.3 is 18.5 Å². The molecule has 3 nitrogen and oxygen atoms in total. The molecule has 1 aromatic heterocycles. The van der Waals surface area contributed by atoms with Gasteiger partial charge in [-0.25, -0.2) is 4.79 Å². The first-order chi connectivity index (χ1) is 6.93. The number of ether oxygens (including phenoxy) is 1. The summed E-state index contributed by atoms with van der Waals surface area (Å²) in [6.07, 6.45) is -6.61. The van der Waals surface area contributed by atoms with E-state index in [2.05, 4.69) is 9.72 Å². The monoisotopic (exact) mass is 258 g/mol. The van der Waals surface area contributed by atoms with Crippen molar-refractivity contribution >= 4 is 5.97 Å². The fourth-order valence-electron chi connectivity index (χ4n) is 0.711. The molecule has 90 valence electrons. The summed E-state index contributed by atoms with van der Waals surface area (Å²) in [5.74, 6) is -1.55. The third-order valence-electron chi connectivity index (χ3n) is 1.38. The van der Waals surface area contributed by atoms with Gasteiger partial charge in [0.05, 0.1) is 5.56 Å². The lowest BCUT2D eigenvalue weighted by Crippen LogP contribution is -3.00. The van der Waals surface area contributed by atoms with E-state index in [1.54, 1.807) is 0 Å². The van der Waals surface area contributed by atoms with Crippen molar-refractivity contribution in [2.75, 3.05) is 0 Å².